The molecule has 0 radical (unpaired) electrons. The molecule has 9 rings (SSSR count). The zero-order valence-corrected chi connectivity index (χ0v) is 18.4. The lowest BCUT2D eigenvalue weighted by atomic mass is 9.26. The first-order valence-electron chi connectivity index (χ1n) is 12.6. The summed E-state index contributed by atoms with van der Waals surface area (Å²) in [5.41, 5.74) is 1.54. The van der Waals surface area contributed by atoms with E-state index in [0.717, 1.165) is 25.4 Å². The fourth-order valence-electron chi connectivity index (χ4n) is 11.1. The smallest absolute Gasteiger partial charge is 0.0758 e. The Kier molecular flexibility index (Phi) is 3.55. The molecule has 8 aliphatic rings. The molecule has 3 heteroatoms. The minimum atomic E-state index is -0.482. The number of hydrogen-bond acceptors (Lipinski definition) is 3. The normalized spacial score (nSPS) is 55.6. The minimum Gasteiger partial charge on any atom is -0.396 e. The number of rotatable bonds is 3. The quantitative estimate of drug-likeness (QED) is 0.788. The summed E-state index contributed by atoms with van der Waals surface area (Å²) < 4.78 is 0. The predicted octanol–water partition coefficient (Wildman–Crippen LogP) is 4.23. The second kappa shape index (κ2) is 5.71. The molecule has 0 amide bonds. The van der Waals surface area contributed by atoms with Gasteiger partial charge in [-0.15, -0.1) is 0 Å². The van der Waals surface area contributed by atoms with Crippen LogP contribution in [0.1, 0.15) is 63.9 Å². The summed E-state index contributed by atoms with van der Waals surface area (Å²) in [6, 6.07) is 11.6. The molecule has 1 aromatic carbocycles. The fraction of sp³-hybridized carbons (Fsp3) is 0.778. The van der Waals surface area contributed by atoms with Crippen molar-refractivity contribution in [3.63, 3.8) is 0 Å². The van der Waals surface area contributed by atoms with E-state index in [9.17, 15) is 10.2 Å². The lowest BCUT2D eigenvalue weighted by molar-refractivity contribution is -0.350. The van der Waals surface area contributed by atoms with Crippen LogP contribution in [0.15, 0.2) is 30.3 Å². The summed E-state index contributed by atoms with van der Waals surface area (Å²) in [7, 11) is 0. The van der Waals surface area contributed by atoms with Gasteiger partial charge in [-0.05, 0) is 91.4 Å². The monoisotopic (exact) mass is 407 g/mol. The first-order chi connectivity index (χ1) is 14.5. The highest BCUT2D eigenvalue weighted by Gasteiger charge is 2.84. The van der Waals surface area contributed by atoms with Crippen LogP contribution in [0.3, 0.4) is 0 Å². The van der Waals surface area contributed by atoms with Crippen molar-refractivity contribution in [1.29, 1.82) is 0 Å². The number of likely N-dealkylation sites (tertiary alicyclic amines) is 1. The second-order valence-corrected chi connectivity index (χ2v) is 12.4. The number of aliphatic hydroxyl groups is 2. The number of benzene rings is 1. The van der Waals surface area contributed by atoms with E-state index in [-0.39, 0.29) is 16.2 Å². The molecule has 30 heavy (non-hydrogen) atoms. The SMILES string of the molecule is C[C@]12CCC[C@]3(O)[C@@H]4CC5C[C@@H]6[C@H](N(Cc7ccccc7)C1)[C@]23CC[C@@]64CC5CO. The van der Waals surface area contributed by atoms with E-state index in [1.54, 1.807) is 0 Å². The largest absolute Gasteiger partial charge is 0.396 e. The van der Waals surface area contributed by atoms with Gasteiger partial charge in [-0.3, -0.25) is 4.90 Å². The van der Waals surface area contributed by atoms with Gasteiger partial charge < -0.3 is 10.2 Å². The highest BCUT2D eigenvalue weighted by atomic mass is 16.3. The van der Waals surface area contributed by atoms with Crippen LogP contribution in [0.4, 0.5) is 0 Å². The third-order valence-electron chi connectivity index (χ3n) is 11.8. The minimum absolute atomic E-state index is 0.0845. The van der Waals surface area contributed by atoms with Crippen LogP contribution in [0.5, 0.6) is 0 Å². The van der Waals surface area contributed by atoms with Crippen molar-refractivity contribution in [3.8, 4) is 0 Å². The molecule has 1 saturated heterocycles. The third kappa shape index (κ3) is 1.84. The molecule has 1 aromatic rings. The van der Waals surface area contributed by atoms with Gasteiger partial charge in [0.2, 0.25) is 0 Å². The Labute approximate surface area is 180 Å². The molecule has 2 N–H and O–H groups in total. The van der Waals surface area contributed by atoms with E-state index in [0.29, 0.717) is 30.4 Å². The van der Waals surface area contributed by atoms with Crippen LogP contribution in [0.2, 0.25) is 0 Å². The number of aliphatic hydroxyl groups excluding tert-OH is 1. The van der Waals surface area contributed by atoms with E-state index in [2.05, 4.69) is 42.2 Å². The van der Waals surface area contributed by atoms with Crippen LogP contribution >= 0.6 is 0 Å². The fourth-order valence-corrected chi connectivity index (χ4v) is 11.1. The van der Waals surface area contributed by atoms with E-state index in [1.165, 1.54) is 50.5 Å². The number of fused-ring (bicyclic) bond motifs is 2. The summed E-state index contributed by atoms with van der Waals surface area (Å²) in [4.78, 5) is 2.84. The predicted molar refractivity (Wildman–Crippen MR) is 117 cm³/mol. The summed E-state index contributed by atoms with van der Waals surface area (Å²) in [5, 5.41) is 22.8. The molecule has 2 spiro atoms. The van der Waals surface area contributed by atoms with Crippen molar-refractivity contribution in [2.45, 2.75) is 76.5 Å². The molecule has 5 bridgehead atoms. The third-order valence-corrected chi connectivity index (χ3v) is 11.8. The van der Waals surface area contributed by atoms with Crippen LogP contribution in [0, 0.1) is 39.9 Å². The summed E-state index contributed by atoms with van der Waals surface area (Å²) in [5.74, 6) is 2.31. The van der Waals surface area contributed by atoms with Gasteiger partial charge in [-0.1, -0.05) is 37.3 Å². The average molecular weight is 408 g/mol. The van der Waals surface area contributed by atoms with Crippen LogP contribution in [0.25, 0.3) is 0 Å². The summed E-state index contributed by atoms with van der Waals surface area (Å²) in [6.07, 6.45) is 9.67. The van der Waals surface area contributed by atoms with E-state index < -0.39 is 5.60 Å². The highest BCUT2D eigenvalue weighted by Crippen LogP contribution is 2.83. The lowest BCUT2D eigenvalue weighted by Gasteiger charge is -2.80. The molecule has 1 heterocycles. The Hall–Kier alpha value is -0.900. The van der Waals surface area contributed by atoms with Crippen LogP contribution < -0.4 is 0 Å². The van der Waals surface area contributed by atoms with E-state index in [4.69, 9.17) is 0 Å². The molecule has 8 fully saturated rings. The topological polar surface area (TPSA) is 43.7 Å². The Morgan fingerprint density at radius 3 is 2.70 bits per heavy atom. The molecule has 7 saturated carbocycles. The Morgan fingerprint density at radius 2 is 1.90 bits per heavy atom. The van der Waals surface area contributed by atoms with Gasteiger partial charge in [0.1, 0.15) is 0 Å². The van der Waals surface area contributed by atoms with Gasteiger partial charge in [-0.2, -0.15) is 0 Å². The summed E-state index contributed by atoms with van der Waals surface area (Å²) >= 11 is 0. The van der Waals surface area contributed by atoms with Gasteiger partial charge in [0.05, 0.1) is 5.60 Å². The van der Waals surface area contributed by atoms with Crippen molar-refractivity contribution < 1.29 is 10.2 Å². The van der Waals surface area contributed by atoms with Gasteiger partial charge >= 0.3 is 0 Å². The van der Waals surface area contributed by atoms with Gasteiger partial charge in [-0.25, -0.2) is 0 Å². The number of hydrogen-bond donors (Lipinski definition) is 2. The maximum atomic E-state index is 12.7. The van der Waals surface area contributed by atoms with Crippen molar-refractivity contribution in [1.82, 2.24) is 4.90 Å². The average Bonchev–Trinajstić information content (AvgIpc) is 3.02. The van der Waals surface area contributed by atoms with Crippen molar-refractivity contribution in [2.24, 2.45) is 39.9 Å². The highest BCUT2D eigenvalue weighted by molar-refractivity contribution is 5.35. The number of nitrogens with zero attached hydrogens (tertiary/aromatic N) is 1. The Morgan fingerprint density at radius 1 is 1.07 bits per heavy atom. The Bertz CT molecular complexity index is 873. The molecular weight excluding hydrogens is 370 g/mol. The molecule has 2 unspecified atom stereocenters. The van der Waals surface area contributed by atoms with Gasteiger partial charge in [0.25, 0.3) is 0 Å². The Balaban J connectivity index is 1.39. The van der Waals surface area contributed by atoms with Gasteiger partial charge in [0.15, 0.2) is 0 Å². The summed E-state index contributed by atoms with van der Waals surface area (Å²) in [6.45, 7) is 5.08. The maximum absolute atomic E-state index is 12.7. The van der Waals surface area contributed by atoms with E-state index >= 15 is 0 Å². The van der Waals surface area contributed by atoms with Gasteiger partial charge in [0, 0.05) is 31.2 Å². The molecule has 3 nitrogen and oxygen atoms in total. The van der Waals surface area contributed by atoms with Crippen molar-refractivity contribution >= 4 is 0 Å². The standard InChI is InChI=1S/C27H37NO2/c1-24-8-5-9-27(30)22-13-19-12-21-23(28(17-24)15-18-6-3-2-4-7-18)26(24,27)11-10-25(21,22)14-20(19)16-29/h2-4,6-7,19-23,29-30H,5,8-17H2,1H3/t19?,20?,21-,22-,23+,24+,25-,26-,27+/m1/s1. The van der Waals surface area contributed by atoms with Crippen molar-refractivity contribution in [2.75, 3.05) is 13.2 Å². The molecule has 0 aromatic heterocycles. The first-order valence-corrected chi connectivity index (χ1v) is 12.6. The molecule has 162 valence electrons. The molecule has 7 aliphatic carbocycles. The zero-order chi connectivity index (χ0) is 20.4. The zero-order valence-electron chi connectivity index (χ0n) is 18.4. The molecule has 1 aliphatic heterocycles. The van der Waals surface area contributed by atoms with Crippen LogP contribution in [-0.2, 0) is 6.54 Å². The van der Waals surface area contributed by atoms with E-state index in [1.807, 2.05) is 0 Å². The van der Waals surface area contributed by atoms with Crippen molar-refractivity contribution in [3.05, 3.63) is 35.9 Å². The molecular formula is C27H37NO2. The maximum Gasteiger partial charge on any atom is 0.0758 e. The van der Waals surface area contributed by atoms with Crippen LogP contribution in [-0.4, -0.2) is 39.9 Å². The molecule has 9 atom stereocenters. The first kappa shape index (κ1) is 18.7. The lowest BCUT2D eigenvalue weighted by Crippen LogP contribution is -2.81. The second-order valence-electron chi connectivity index (χ2n) is 12.4.